The molecule has 6 heteroatoms. The summed E-state index contributed by atoms with van der Waals surface area (Å²) in [7, 11) is -3.31. The lowest BCUT2D eigenvalue weighted by Gasteiger charge is -2.44. The van der Waals surface area contributed by atoms with Crippen molar-refractivity contribution < 1.29 is 8.42 Å². The predicted molar refractivity (Wildman–Crippen MR) is 72.6 cm³/mol. The van der Waals surface area contributed by atoms with Gasteiger partial charge in [0.1, 0.15) is 0 Å². The molecule has 1 saturated carbocycles. The van der Waals surface area contributed by atoms with Gasteiger partial charge >= 0.3 is 0 Å². The minimum absolute atomic E-state index is 0.0772. The van der Waals surface area contributed by atoms with E-state index < -0.39 is 10.2 Å². The summed E-state index contributed by atoms with van der Waals surface area (Å²) in [5, 5.41) is 3.63. The zero-order valence-corrected chi connectivity index (χ0v) is 12.0. The molecule has 1 aliphatic heterocycles. The van der Waals surface area contributed by atoms with Gasteiger partial charge in [-0.3, -0.25) is 0 Å². The lowest BCUT2D eigenvalue weighted by Crippen LogP contribution is -2.58. The first-order valence-corrected chi connectivity index (χ1v) is 8.55. The van der Waals surface area contributed by atoms with Crippen LogP contribution in [0.3, 0.4) is 0 Å². The van der Waals surface area contributed by atoms with Crippen molar-refractivity contribution in [1.29, 1.82) is 0 Å². The summed E-state index contributed by atoms with van der Waals surface area (Å²) in [5.41, 5.74) is 0.190. The molecule has 3 N–H and O–H groups in total. The van der Waals surface area contributed by atoms with Crippen LogP contribution in [0.5, 0.6) is 0 Å². The largest absolute Gasteiger partial charge is 0.311 e. The van der Waals surface area contributed by atoms with Crippen LogP contribution >= 0.6 is 0 Å². The standard InChI is InChI=1S/C12H25N3O2S/c1-2-14-18(16,17)15-11-6-9-13-12(10-11)7-4-3-5-8-12/h11,13-15H,2-10H2,1H3. The third kappa shape index (κ3) is 3.66. The predicted octanol–water partition coefficient (Wildman–Crippen LogP) is 0.885. The maximum atomic E-state index is 11.7. The Balaban J connectivity index is 1.94. The Morgan fingerprint density at radius 1 is 1.28 bits per heavy atom. The summed E-state index contributed by atoms with van der Waals surface area (Å²) < 4.78 is 28.7. The molecule has 0 aromatic carbocycles. The number of piperidine rings is 1. The SMILES string of the molecule is CCNS(=O)(=O)NC1CCNC2(CCCCC2)C1. The van der Waals surface area contributed by atoms with Crippen molar-refractivity contribution in [2.24, 2.45) is 0 Å². The molecule has 0 radical (unpaired) electrons. The van der Waals surface area contributed by atoms with Crippen LogP contribution in [0.15, 0.2) is 0 Å². The van der Waals surface area contributed by atoms with Crippen molar-refractivity contribution >= 4 is 10.2 Å². The van der Waals surface area contributed by atoms with Crippen molar-refractivity contribution in [3.05, 3.63) is 0 Å². The van der Waals surface area contributed by atoms with E-state index in [1.54, 1.807) is 6.92 Å². The molecule has 18 heavy (non-hydrogen) atoms. The summed E-state index contributed by atoms with van der Waals surface area (Å²) in [4.78, 5) is 0. The first kappa shape index (κ1) is 14.2. The van der Waals surface area contributed by atoms with Gasteiger partial charge in [-0.15, -0.1) is 0 Å². The van der Waals surface area contributed by atoms with E-state index >= 15 is 0 Å². The fourth-order valence-electron chi connectivity index (χ4n) is 3.32. The number of rotatable bonds is 4. The summed E-state index contributed by atoms with van der Waals surface area (Å²) in [5.74, 6) is 0. The van der Waals surface area contributed by atoms with Crippen LogP contribution in [0.25, 0.3) is 0 Å². The quantitative estimate of drug-likeness (QED) is 0.713. The highest BCUT2D eigenvalue weighted by molar-refractivity contribution is 7.87. The van der Waals surface area contributed by atoms with Crippen LogP contribution < -0.4 is 14.8 Å². The van der Waals surface area contributed by atoms with Gasteiger partial charge < -0.3 is 5.32 Å². The molecule has 1 unspecified atom stereocenters. The Morgan fingerprint density at radius 3 is 2.67 bits per heavy atom. The van der Waals surface area contributed by atoms with Crippen LogP contribution in [-0.4, -0.2) is 33.1 Å². The lowest BCUT2D eigenvalue weighted by molar-refractivity contribution is 0.165. The second-order valence-corrected chi connectivity index (χ2v) is 7.11. The molecule has 1 atom stereocenters. The van der Waals surface area contributed by atoms with Gasteiger partial charge in [0, 0.05) is 18.1 Å². The van der Waals surface area contributed by atoms with Crippen molar-refractivity contribution in [1.82, 2.24) is 14.8 Å². The van der Waals surface area contributed by atoms with Gasteiger partial charge in [-0.2, -0.15) is 13.1 Å². The molecule has 2 fully saturated rings. The molecule has 0 aromatic heterocycles. The van der Waals surface area contributed by atoms with E-state index in [1.165, 1.54) is 32.1 Å². The zero-order valence-electron chi connectivity index (χ0n) is 11.2. The van der Waals surface area contributed by atoms with E-state index in [0.717, 1.165) is 19.4 Å². The average molecular weight is 275 g/mol. The maximum Gasteiger partial charge on any atom is 0.277 e. The zero-order chi connectivity index (χ0) is 13.1. The molecule has 5 nitrogen and oxygen atoms in total. The molecule has 0 bridgehead atoms. The van der Waals surface area contributed by atoms with Crippen LogP contribution in [0.4, 0.5) is 0 Å². The van der Waals surface area contributed by atoms with Gasteiger partial charge in [-0.1, -0.05) is 26.2 Å². The van der Waals surface area contributed by atoms with E-state index in [0.29, 0.717) is 6.54 Å². The Morgan fingerprint density at radius 2 is 2.00 bits per heavy atom. The summed E-state index contributed by atoms with van der Waals surface area (Å²) >= 11 is 0. The Labute approximate surface area is 110 Å². The minimum atomic E-state index is -3.31. The Bertz CT molecular complexity index is 358. The Kier molecular flexibility index (Phi) is 4.64. The van der Waals surface area contributed by atoms with Crippen molar-refractivity contribution in [3.8, 4) is 0 Å². The van der Waals surface area contributed by atoms with Crippen LogP contribution in [-0.2, 0) is 10.2 Å². The molecule has 1 saturated heterocycles. The third-order valence-electron chi connectivity index (χ3n) is 4.10. The highest BCUT2D eigenvalue weighted by Crippen LogP contribution is 2.34. The van der Waals surface area contributed by atoms with Gasteiger partial charge in [0.2, 0.25) is 0 Å². The molecule has 1 heterocycles. The number of hydrogen-bond donors (Lipinski definition) is 3. The van der Waals surface area contributed by atoms with E-state index in [4.69, 9.17) is 0 Å². The van der Waals surface area contributed by atoms with Crippen LogP contribution in [0.2, 0.25) is 0 Å². The van der Waals surface area contributed by atoms with E-state index in [2.05, 4.69) is 14.8 Å². The fraction of sp³-hybridized carbons (Fsp3) is 1.00. The molecule has 1 spiro atoms. The van der Waals surface area contributed by atoms with Crippen LogP contribution in [0.1, 0.15) is 51.9 Å². The van der Waals surface area contributed by atoms with Gasteiger partial charge in [-0.05, 0) is 32.2 Å². The third-order valence-corrected chi connectivity index (χ3v) is 5.41. The Hall–Kier alpha value is -0.170. The average Bonchev–Trinajstić information content (AvgIpc) is 2.29. The molecule has 2 rings (SSSR count). The molecular formula is C12H25N3O2S. The number of hydrogen-bond acceptors (Lipinski definition) is 3. The molecule has 1 aliphatic carbocycles. The summed E-state index contributed by atoms with van der Waals surface area (Å²) in [6, 6.07) is 0.0772. The summed E-state index contributed by atoms with van der Waals surface area (Å²) in [6.07, 6.45) is 8.03. The van der Waals surface area contributed by atoms with Gasteiger partial charge in [0.15, 0.2) is 0 Å². The number of nitrogens with one attached hydrogen (secondary N) is 3. The maximum absolute atomic E-state index is 11.7. The topological polar surface area (TPSA) is 70.2 Å². The molecule has 0 amide bonds. The van der Waals surface area contributed by atoms with Crippen molar-refractivity contribution in [2.45, 2.75) is 63.5 Å². The highest BCUT2D eigenvalue weighted by Gasteiger charge is 2.37. The molecule has 0 aromatic rings. The highest BCUT2D eigenvalue weighted by atomic mass is 32.2. The lowest BCUT2D eigenvalue weighted by atomic mass is 9.75. The van der Waals surface area contributed by atoms with Crippen LogP contribution in [0, 0.1) is 0 Å². The van der Waals surface area contributed by atoms with Gasteiger partial charge in [0.25, 0.3) is 10.2 Å². The van der Waals surface area contributed by atoms with Crippen molar-refractivity contribution in [3.63, 3.8) is 0 Å². The molecule has 2 aliphatic rings. The van der Waals surface area contributed by atoms with E-state index in [1.807, 2.05) is 0 Å². The second-order valence-electron chi connectivity index (χ2n) is 5.58. The molecular weight excluding hydrogens is 250 g/mol. The second kappa shape index (κ2) is 5.86. The normalized spacial score (nSPS) is 28.4. The fourth-order valence-corrected chi connectivity index (χ4v) is 4.42. The summed E-state index contributed by atoms with van der Waals surface area (Å²) in [6.45, 7) is 3.15. The van der Waals surface area contributed by atoms with Crippen molar-refractivity contribution in [2.75, 3.05) is 13.1 Å². The first-order valence-electron chi connectivity index (χ1n) is 7.07. The van der Waals surface area contributed by atoms with Gasteiger partial charge in [-0.25, -0.2) is 4.72 Å². The minimum Gasteiger partial charge on any atom is -0.311 e. The van der Waals surface area contributed by atoms with E-state index in [9.17, 15) is 8.42 Å². The van der Waals surface area contributed by atoms with Gasteiger partial charge in [0.05, 0.1) is 0 Å². The smallest absolute Gasteiger partial charge is 0.277 e. The van der Waals surface area contributed by atoms with E-state index in [-0.39, 0.29) is 11.6 Å². The first-order chi connectivity index (χ1) is 8.55. The molecule has 106 valence electrons. The monoisotopic (exact) mass is 275 g/mol.